The van der Waals surface area contributed by atoms with Gasteiger partial charge in [-0.1, -0.05) is 12.1 Å². The molecule has 3 rings (SSSR count). The van der Waals surface area contributed by atoms with Gasteiger partial charge in [0.25, 0.3) is 0 Å². The predicted molar refractivity (Wildman–Crippen MR) is 77.5 cm³/mol. The van der Waals surface area contributed by atoms with Crippen molar-refractivity contribution in [2.24, 2.45) is 0 Å². The molecule has 102 valence electrons. The van der Waals surface area contributed by atoms with Crippen LogP contribution in [0.5, 0.6) is 11.5 Å². The van der Waals surface area contributed by atoms with Crippen molar-refractivity contribution in [3.63, 3.8) is 0 Å². The molecule has 0 saturated heterocycles. The molecule has 0 spiro atoms. The predicted octanol–water partition coefficient (Wildman–Crippen LogP) is 3.59. The van der Waals surface area contributed by atoms with Gasteiger partial charge in [-0.15, -0.1) is 0 Å². The highest BCUT2D eigenvalue weighted by atomic mass is 79.9. The molecule has 2 aromatic rings. The average Bonchev–Trinajstić information content (AvgIpc) is 2.47. The van der Waals surface area contributed by atoms with Crippen molar-refractivity contribution in [3.8, 4) is 22.6 Å². The van der Waals surface area contributed by atoms with Crippen LogP contribution in [0.15, 0.2) is 40.9 Å². The first kappa shape index (κ1) is 13.0. The zero-order chi connectivity index (χ0) is 14.1. The Balaban J connectivity index is 2.05. The van der Waals surface area contributed by atoms with Crippen LogP contribution < -0.4 is 9.47 Å². The first-order valence-electron chi connectivity index (χ1n) is 6.08. The van der Waals surface area contributed by atoms with Crippen molar-refractivity contribution in [3.05, 3.63) is 46.4 Å². The lowest BCUT2D eigenvalue weighted by Crippen LogP contribution is -2.15. The molecule has 1 aliphatic heterocycles. The second-order valence-corrected chi connectivity index (χ2v) is 5.21. The van der Waals surface area contributed by atoms with Crippen molar-refractivity contribution in [2.45, 2.75) is 0 Å². The van der Waals surface area contributed by atoms with Crippen molar-refractivity contribution < 1.29 is 19.4 Å². The van der Waals surface area contributed by atoms with Gasteiger partial charge in [0.2, 0.25) is 0 Å². The summed E-state index contributed by atoms with van der Waals surface area (Å²) in [6.07, 6.45) is 0. The molecule has 0 aliphatic carbocycles. The highest BCUT2D eigenvalue weighted by molar-refractivity contribution is 9.10. The number of hydrogen-bond donors (Lipinski definition) is 1. The van der Waals surface area contributed by atoms with E-state index >= 15 is 0 Å². The summed E-state index contributed by atoms with van der Waals surface area (Å²) in [6.45, 7) is 1.07. The van der Waals surface area contributed by atoms with Crippen LogP contribution in [-0.4, -0.2) is 24.3 Å². The minimum atomic E-state index is -0.962. The molecule has 0 aromatic heterocycles. The quantitative estimate of drug-likeness (QED) is 0.911. The van der Waals surface area contributed by atoms with E-state index in [1.807, 2.05) is 24.3 Å². The number of rotatable bonds is 2. The number of fused-ring (bicyclic) bond motifs is 1. The van der Waals surface area contributed by atoms with Crippen LogP contribution in [-0.2, 0) is 0 Å². The number of carboxylic acid groups (broad SMARTS) is 1. The van der Waals surface area contributed by atoms with Gasteiger partial charge >= 0.3 is 5.97 Å². The summed E-state index contributed by atoms with van der Waals surface area (Å²) >= 11 is 3.24. The Morgan fingerprint density at radius 1 is 1.00 bits per heavy atom. The zero-order valence-corrected chi connectivity index (χ0v) is 12.0. The molecule has 0 unspecified atom stereocenters. The lowest BCUT2D eigenvalue weighted by molar-refractivity contribution is 0.0696. The SMILES string of the molecule is O=C(O)c1cc(-c2ccc3c(c2)OCCO3)ccc1Br. The number of benzene rings is 2. The minimum Gasteiger partial charge on any atom is -0.486 e. The molecule has 0 amide bonds. The molecule has 1 heterocycles. The van der Waals surface area contributed by atoms with Crippen LogP contribution in [0, 0.1) is 0 Å². The molecule has 0 radical (unpaired) electrons. The van der Waals surface area contributed by atoms with Crippen molar-refractivity contribution in [1.29, 1.82) is 0 Å². The largest absolute Gasteiger partial charge is 0.486 e. The topological polar surface area (TPSA) is 55.8 Å². The maximum atomic E-state index is 11.2. The summed E-state index contributed by atoms with van der Waals surface area (Å²) in [5, 5.41) is 9.15. The first-order chi connectivity index (χ1) is 9.65. The standard InChI is InChI=1S/C15H11BrO4/c16-12-3-1-9(7-11(12)15(17)18)10-2-4-13-14(8-10)20-6-5-19-13/h1-4,7-8H,5-6H2,(H,17,18). The Bertz CT molecular complexity index is 682. The van der Waals surface area contributed by atoms with E-state index in [4.69, 9.17) is 14.6 Å². The molecular formula is C15H11BrO4. The van der Waals surface area contributed by atoms with E-state index in [-0.39, 0.29) is 5.56 Å². The second kappa shape index (κ2) is 5.17. The normalized spacial score (nSPS) is 13.1. The van der Waals surface area contributed by atoms with Crippen LogP contribution in [0.4, 0.5) is 0 Å². The highest BCUT2D eigenvalue weighted by Gasteiger charge is 2.14. The summed E-state index contributed by atoms with van der Waals surface area (Å²) in [4.78, 5) is 11.2. The fraction of sp³-hybridized carbons (Fsp3) is 0.133. The van der Waals surface area contributed by atoms with Gasteiger partial charge in [-0.3, -0.25) is 0 Å². The Morgan fingerprint density at radius 3 is 2.40 bits per heavy atom. The van der Waals surface area contributed by atoms with Gasteiger partial charge in [-0.05, 0) is 51.3 Å². The van der Waals surface area contributed by atoms with E-state index in [0.29, 0.717) is 23.4 Å². The molecule has 0 fully saturated rings. The molecular weight excluding hydrogens is 324 g/mol. The fourth-order valence-electron chi connectivity index (χ4n) is 2.09. The number of carboxylic acids is 1. The number of hydrogen-bond acceptors (Lipinski definition) is 3. The number of carbonyl (C=O) groups is 1. The number of ether oxygens (including phenoxy) is 2. The van der Waals surface area contributed by atoms with E-state index in [1.54, 1.807) is 12.1 Å². The van der Waals surface area contributed by atoms with Crippen LogP contribution in [0.2, 0.25) is 0 Å². The first-order valence-corrected chi connectivity index (χ1v) is 6.87. The maximum Gasteiger partial charge on any atom is 0.336 e. The van der Waals surface area contributed by atoms with Crippen LogP contribution >= 0.6 is 15.9 Å². The smallest absolute Gasteiger partial charge is 0.336 e. The monoisotopic (exact) mass is 334 g/mol. The van der Waals surface area contributed by atoms with Crippen LogP contribution in [0.3, 0.4) is 0 Å². The lowest BCUT2D eigenvalue weighted by Gasteiger charge is -2.19. The summed E-state index contributed by atoms with van der Waals surface area (Å²) in [5.41, 5.74) is 1.95. The van der Waals surface area contributed by atoms with E-state index in [2.05, 4.69) is 15.9 Å². The molecule has 5 heteroatoms. The Morgan fingerprint density at radius 2 is 1.65 bits per heavy atom. The minimum absolute atomic E-state index is 0.234. The van der Waals surface area contributed by atoms with E-state index in [1.165, 1.54) is 0 Å². The molecule has 0 saturated carbocycles. The zero-order valence-electron chi connectivity index (χ0n) is 10.4. The molecule has 0 atom stereocenters. The Kier molecular flexibility index (Phi) is 3.36. The van der Waals surface area contributed by atoms with Crippen molar-refractivity contribution in [1.82, 2.24) is 0 Å². The molecule has 4 nitrogen and oxygen atoms in total. The van der Waals surface area contributed by atoms with E-state index < -0.39 is 5.97 Å². The van der Waals surface area contributed by atoms with Gasteiger partial charge in [-0.25, -0.2) is 4.79 Å². The van der Waals surface area contributed by atoms with E-state index in [9.17, 15) is 4.79 Å². The third kappa shape index (κ3) is 2.36. The van der Waals surface area contributed by atoms with Gasteiger partial charge < -0.3 is 14.6 Å². The maximum absolute atomic E-state index is 11.2. The third-order valence-corrected chi connectivity index (χ3v) is 3.76. The summed E-state index contributed by atoms with van der Waals surface area (Å²) in [7, 11) is 0. The molecule has 1 N–H and O–H groups in total. The van der Waals surface area contributed by atoms with Crippen molar-refractivity contribution >= 4 is 21.9 Å². The number of halogens is 1. The van der Waals surface area contributed by atoms with Gasteiger partial charge in [0.15, 0.2) is 11.5 Å². The van der Waals surface area contributed by atoms with Gasteiger partial charge in [0, 0.05) is 4.47 Å². The number of aromatic carboxylic acids is 1. The molecule has 0 bridgehead atoms. The Hall–Kier alpha value is -2.01. The second-order valence-electron chi connectivity index (χ2n) is 4.36. The summed E-state index contributed by atoms with van der Waals surface area (Å²) < 4.78 is 11.6. The molecule has 20 heavy (non-hydrogen) atoms. The van der Waals surface area contributed by atoms with Gasteiger partial charge in [-0.2, -0.15) is 0 Å². The molecule has 1 aliphatic rings. The Labute approximate surface area is 124 Å². The van der Waals surface area contributed by atoms with E-state index in [0.717, 1.165) is 16.9 Å². The van der Waals surface area contributed by atoms with Crippen molar-refractivity contribution in [2.75, 3.05) is 13.2 Å². The third-order valence-electron chi connectivity index (χ3n) is 3.07. The average molecular weight is 335 g/mol. The summed E-state index contributed by atoms with van der Waals surface area (Å²) in [6, 6.07) is 10.8. The fourth-order valence-corrected chi connectivity index (χ4v) is 2.51. The van der Waals surface area contributed by atoms with Crippen LogP contribution in [0.1, 0.15) is 10.4 Å². The highest BCUT2D eigenvalue weighted by Crippen LogP contribution is 2.35. The summed E-state index contributed by atoms with van der Waals surface area (Å²) in [5.74, 6) is 0.445. The van der Waals surface area contributed by atoms with Crippen LogP contribution in [0.25, 0.3) is 11.1 Å². The lowest BCUT2D eigenvalue weighted by atomic mass is 10.0. The molecule has 2 aromatic carbocycles. The van der Waals surface area contributed by atoms with Gasteiger partial charge in [0.05, 0.1) is 5.56 Å². The van der Waals surface area contributed by atoms with Gasteiger partial charge in [0.1, 0.15) is 13.2 Å².